The van der Waals surface area contributed by atoms with Gasteiger partial charge in [0, 0.05) is 5.92 Å². The van der Waals surface area contributed by atoms with E-state index >= 15 is 0 Å². The van der Waals surface area contributed by atoms with Crippen LogP contribution in [0.1, 0.15) is 41.0 Å². The topological polar surface area (TPSA) is 111 Å². The number of fused-ring (bicyclic) bond motifs is 1. The van der Waals surface area contributed by atoms with Crippen molar-refractivity contribution in [2.45, 2.75) is 76.7 Å². The molecule has 10 atom stereocenters. The van der Waals surface area contributed by atoms with Crippen molar-refractivity contribution in [2.75, 3.05) is 0 Å². The maximum Gasteiger partial charge on any atom is 0.173 e. The Labute approximate surface area is 153 Å². The number of hydrogen-bond donors (Lipinski definition) is 4. The number of hydrogen-bond acceptors (Lipinski definition) is 6. The van der Waals surface area contributed by atoms with E-state index in [4.69, 9.17) is 4.74 Å². The zero-order valence-electron chi connectivity index (χ0n) is 16.0. The molecule has 1 aliphatic heterocycles. The van der Waals surface area contributed by atoms with Crippen molar-refractivity contribution in [3.05, 3.63) is 11.6 Å². The van der Waals surface area contributed by atoms with E-state index in [1.165, 1.54) is 0 Å². The van der Waals surface area contributed by atoms with Crippen molar-refractivity contribution >= 4 is 5.78 Å². The first-order valence-corrected chi connectivity index (χ1v) is 9.58. The zero-order chi connectivity index (χ0) is 19.4. The van der Waals surface area contributed by atoms with Gasteiger partial charge in [-0.15, -0.1) is 0 Å². The molecule has 0 radical (unpaired) electrons. The van der Waals surface area contributed by atoms with Crippen LogP contribution in [0.3, 0.4) is 0 Å². The molecule has 146 valence electrons. The van der Waals surface area contributed by atoms with Crippen LogP contribution in [0.15, 0.2) is 11.6 Å². The lowest BCUT2D eigenvalue weighted by molar-refractivity contribution is -0.132. The number of aliphatic hydroxyl groups is 4. The van der Waals surface area contributed by atoms with Crippen LogP contribution in [0, 0.1) is 29.1 Å². The predicted molar refractivity (Wildman–Crippen MR) is 93.0 cm³/mol. The van der Waals surface area contributed by atoms with Crippen molar-refractivity contribution in [3.63, 3.8) is 0 Å². The molecule has 0 unspecified atom stereocenters. The van der Waals surface area contributed by atoms with Gasteiger partial charge in [0.25, 0.3) is 0 Å². The van der Waals surface area contributed by atoms with Crippen LogP contribution in [-0.4, -0.2) is 61.8 Å². The fourth-order valence-corrected chi connectivity index (χ4v) is 6.07. The number of carbonyl (C=O) groups excluding carboxylic acids is 1. The van der Waals surface area contributed by atoms with E-state index in [1.807, 2.05) is 20.8 Å². The Morgan fingerprint density at radius 2 is 1.65 bits per heavy atom. The van der Waals surface area contributed by atoms with Gasteiger partial charge in [-0.3, -0.25) is 4.79 Å². The summed E-state index contributed by atoms with van der Waals surface area (Å²) in [5.74, 6) is -1.55. The molecule has 0 aromatic carbocycles. The minimum absolute atomic E-state index is 0.129. The van der Waals surface area contributed by atoms with Crippen LogP contribution in [0.25, 0.3) is 0 Å². The van der Waals surface area contributed by atoms with E-state index in [0.29, 0.717) is 12.0 Å². The molecule has 4 aliphatic rings. The molecule has 4 N–H and O–H groups in total. The third-order valence-electron chi connectivity index (χ3n) is 7.81. The van der Waals surface area contributed by atoms with Crippen molar-refractivity contribution in [1.82, 2.24) is 0 Å². The van der Waals surface area contributed by atoms with E-state index in [2.05, 4.69) is 0 Å². The molecule has 6 nitrogen and oxygen atoms in total. The molecule has 26 heavy (non-hydrogen) atoms. The molecule has 3 aliphatic carbocycles. The van der Waals surface area contributed by atoms with Gasteiger partial charge in [-0.1, -0.05) is 27.7 Å². The van der Waals surface area contributed by atoms with Crippen molar-refractivity contribution < 1.29 is 30.0 Å². The fourth-order valence-electron chi connectivity index (χ4n) is 6.07. The first kappa shape index (κ1) is 18.6. The van der Waals surface area contributed by atoms with Crippen LogP contribution in [0.4, 0.5) is 0 Å². The van der Waals surface area contributed by atoms with Crippen LogP contribution < -0.4 is 0 Å². The van der Waals surface area contributed by atoms with Crippen LogP contribution in [0.2, 0.25) is 0 Å². The van der Waals surface area contributed by atoms with Crippen LogP contribution >= 0.6 is 0 Å². The lowest BCUT2D eigenvalue weighted by Crippen LogP contribution is -2.41. The van der Waals surface area contributed by atoms with Gasteiger partial charge < -0.3 is 25.2 Å². The Kier molecular flexibility index (Phi) is 3.69. The van der Waals surface area contributed by atoms with E-state index in [0.717, 1.165) is 0 Å². The highest BCUT2D eigenvalue weighted by Gasteiger charge is 2.82. The first-order chi connectivity index (χ1) is 11.9. The average Bonchev–Trinajstić information content (AvgIpc) is 3.37. The average molecular weight is 366 g/mol. The number of carbonyl (C=O) groups is 1. The third kappa shape index (κ3) is 1.97. The molecule has 1 saturated heterocycles. The van der Waals surface area contributed by atoms with E-state index in [-0.39, 0.29) is 29.0 Å². The molecule has 0 spiro atoms. The summed E-state index contributed by atoms with van der Waals surface area (Å²) in [7, 11) is 0. The molecule has 1 heterocycles. The van der Waals surface area contributed by atoms with Crippen molar-refractivity contribution in [1.29, 1.82) is 0 Å². The second-order valence-corrected chi connectivity index (χ2v) is 9.69. The molecule has 0 aromatic rings. The second kappa shape index (κ2) is 5.17. The number of rotatable bonds is 0. The smallest absolute Gasteiger partial charge is 0.173 e. The Balaban J connectivity index is 1.82. The first-order valence-electron chi connectivity index (χ1n) is 9.58. The standard InChI is InChI=1S/C20H30O6/c1-8-6-19-16(24)9(2)7-20(19,26-19)17(25)10(3)14(22)11-12(18(11,4)5)15(23)13(8)21/h6,9-16,21-24H,7H2,1-5H3/b8-6+/t9-,10+,11-,12+,13+,14-,15-,16-,19-,20-/m0/s1. The largest absolute Gasteiger partial charge is 0.392 e. The summed E-state index contributed by atoms with van der Waals surface area (Å²) in [4.78, 5) is 13.3. The van der Waals surface area contributed by atoms with Gasteiger partial charge in [0.1, 0.15) is 6.10 Å². The van der Waals surface area contributed by atoms with E-state index in [1.54, 1.807) is 19.9 Å². The molecule has 0 amide bonds. The predicted octanol–water partition coefficient (Wildman–Crippen LogP) is 0.415. The number of ether oxygens (including phenoxy) is 1. The molecular formula is C20H30O6. The van der Waals surface area contributed by atoms with Crippen LogP contribution in [0.5, 0.6) is 0 Å². The summed E-state index contributed by atoms with van der Waals surface area (Å²) in [6.07, 6.45) is -1.92. The Morgan fingerprint density at radius 1 is 1.08 bits per heavy atom. The minimum atomic E-state index is -1.16. The summed E-state index contributed by atoms with van der Waals surface area (Å²) in [6, 6.07) is 0. The summed E-state index contributed by atoms with van der Waals surface area (Å²) < 4.78 is 5.89. The number of Topliss-reactive ketones (excluding diaryl/α,β-unsaturated/α-hetero) is 1. The van der Waals surface area contributed by atoms with Gasteiger partial charge in [0.05, 0.1) is 18.3 Å². The Bertz CT molecular complexity index is 686. The Hall–Kier alpha value is -0.790. The van der Waals surface area contributed by atoms with Gasteiger partial charge in [0.15, 0.2) is 17.0 Å². The number of epoxide rings is 1. The molecule has 2 saturated carbocycles. The van der Waals surface area contributed by atoms with Gasteiger partial charge in [0.2, 0.25) is 0 Å². The number of ketones is 1. The normalized spacial score (nSPS) is 60.0. The SMILES string of the molecule is C/C1=C\[C@@]23O[C@@]2(C[C@H](C)[C@@H]3O)C(=O)[C@H](C)[C@H](O)[C@@H]2[C@H]([C@H](O)[C@@H]1O)C2(C)C. The fraction of sp³-hybridized carbons (Fsp3) is 0.850. The molecule has 3 fully saturated rings. The maximum atomic E-state index is 13.3. The van der Waals surface area contributed by atoms with Crippen molar-refractivity contribution in [3.8, 4) is 0 Å². The second-order valence-electron chi connectivity index (χ2n) is 9.69. The highest BCUT2D eigenvalue weighted by molar-refractivity contribution is 5.95. The lowest BCUT2D eigenvalue weighted by atomic mass is 9.81. The quantitative estimate of drug-likeness (QED) is 0.365. The van der Waals surface area contributed by atoms with Gasteiger partial charge in [-0.05, 0) is 48.2 Å². The Morgan fingerprint density at radius 3 is 2.27 bits per heavy atom. The molecule has 0 bridgehead atoms. The maximum absolute atomic E-state index is 13.3. The summed E-state index contributed by atoms with van der Waals surface area (Å²) in [5, 5.41) is 43.0. The van der Waals surface area contributed by atoms with Crippen molar-refractivity contribution in [2.24, 2.45) is 29.1 Å². The zero-order valence-corrected chi connectivity index (χ0v) is 16.0. The highest BCUT2D eigenvalue weighted by Crippen LogP contribution is 2.67. The molecule has 6 heteroatoms. The lowest BCUT2D eigenvalue weighted by Gasteiger charge is -2.23. The highest BCUT2D eigenvalue weighted by atomic mass is 16.7. The molecular weight excluding hydrogens is 336 g/mol. The van der Waals surface area contributed by atoms with E-state index < -0.39 is 41.5 Å². The monoisotopic (exact) mass is 366 g/mol. The minimum Gasteiger partial charge on any atom is -0.392 e. The third-order valence-corrected chi connectivity index (χ3v) is 7.81. The molecule has 4 rings (SSSR count). The van der Waals surface area contributed by atoms with Gasteiger partial charge in [-0.2, -0.15) is 0 Å². The van der Waals surface area contributed by atoms with Gasteiger partial charge in [-0.25, -0.2) is 0 Å². The molecule has 0 aromatic heterocycles. The van der Waals surface area contributed by atoms with Crippen LogP contribution in [-0.2, 0) is 9.53 Å². The number of aliphatic hydroxyl groups excluding tert-OH is 4. The van der Waals surface area contributed by atoms with Gasteiger partial charge >= 0.3 is 0 Å². The summed E-state index contributed by atoms with van der Waals surface area (Å²) >= 11 is 0. The van der Waals surface area contributed by atoms with E-state index in [9.17, 15) is 25.2 Å². The summed E-state index contributed by atoms with van der Waals surface area (Å²) in [5.41, 5.74) is -2.18. The summed E-state index contributed by atoms with van der Waals surface area (Å²) in [6.45, 7) is 9.16.